The van der Waals surface area contributed by atoms with Gasteiger partial charge in [0.15, 0.2) is 0 Å². The van der Waals surface area contributed by atoms with Crippen LogP contribution in [0.2, 0.25) is 0 Å². The van der Waals surface area contributed by atoms with E-state index < -0.39 is 6.10 Å². The average molecular weight is 444 g/mol. The molecule has 4 nitrogen and oxygen atoms in total. The summed E-state index contributed by atoms with van der Waals surface area (Å²) >= 11 is 0. The van der Waals surface area contributed by atoms with Crippen LogP contribution in [0.5, 0.6) is 0 Å². The van der Waals surface area contributed by atoms with E-state index in [9.17, 15) is 5.11 Å². The minimum Gasteiger partial charge on any atom is -0.389 e. The molecule has 166 valence electrons. The van der Waals surface area contributed by atoms with Gasteiger partial charge in [-0.05, 0) is 23.8 Å². The summed E-state index contributed by atoms with van der Waals surface area (Å²) in [6, 6.07) is 39.3. The summed E-state index contributed by atoms with van der Waals surface area (Å²) in [7, 11) is 0. The largest absolute Gasteiger partial charge is 0.389 e. The molecule has 0 spiro atoms. The number of fused-ring (bicyclic) bond motifs is 3. The fraction of sp³-hybridized carbons (Fsp3) is 0.100. The molecule has 0 bridgehead atoms. The highest BCUT2D eigenvalue weighted by Crippen LogP contribution is 2.30. The maximum atomic E-state index is 11.3. The first kappa shape index (κ1) is 20.5. The fourth-order valence-corrected chi connectivity index (χ4v) is 4.82. The lowest BCUT2D eigenvalue weighted by Crippen LogP contribution is -2.23. The molecule has 1 N–H and O–H groups in total. The van der Waals surface area contributed by atoms with Crippen LogP contribution < -0.4 is 0 Å². The molecule has 6 aromatic rings. The summed E-state index contributed by atoms with van der Waals surface area (Å²) in [4.78, 5) is 0. The van der Waals surface area contributed by atoms with Crippen LogP contribution in [-0.2, 0) is 13.1 Å². The van der Waals surface area contributed by atoms with E-state index in [0.29, 0.717) is 13.1 Å². The first-order chi connectivity index (χ1) is 16.8. The maximum Gasteiger partial charge on any atom is 0.0929 e. The van der Waals surface area contributed by atoms with Crippen molar-refractivity contribution in [2.45, 2.75) is 19.2 Å². The van der Waals surface area contributed by atoms with Crippen LogP contribution in [0.15, 0.2) is 115 Å². The van der Waals surface area contributed by atoms with Crippen LogP contribution in [0.4, 0.5) is 0 Å². The quantitative estimate of drug-likeness (QED) is 0.324. The first-order valence-electron chi connectivity index (χ1n) is 11.6. The Bertz CT molecular complexity index is 1510. The van der Waals surface area contributed by atoms with E-state index in [-0.39, 0.29) is 0 Å². The minimum absolute atomic E-state index is 0.401. The third-order valence-corrected chi connectivity index (χ3v) is 6.38. The van der Waals surface area contributed by atoms with Gasteiger partial charge in [-0.2, -0.15) is 5.10 Å². The summed E-state index contributed by atoms with van der Waals surface area (Å²) in [5.41, 5.74) is 6.33. The molecule has 2 heterocycles. The predicted molar refractivity (Wildman–Crippen MR) is 139 cm³/mol. The normalized spacial score (nSPS) is 12.4. The van der Waals surface area contributed by atoms with Crippen molar-refractivity contribution in [3.8, 4) is 22.5 Å². The van der Waals surface area contributed by atoms with Crippen molar-refractivity contribution < 1.29 is 5.11 Å². The standard InChI is InChI=1S/C30H25N3O/c34-24(20-32-28-17-9-7-15-25(28)26-16-8-10-18-29(26)32)21-33-30(23-13-5-2-6-14-23)19-27(31-33)22-11-3-1-4-12-22/h1-19,24,34H,20-21H2. The SMILES string of the molecule is OC(Cn1nc(-c2ccccc2)cc1-c1ccccc1)Cn1c2ccccc2c2ccccc21. The van der Waals surface area contributed by atoms with Gasteiger partial charge in [0, 0.05) is 27.4 Å². The Kier molecular flexibility index (Phi) is 5.21. The molecule has 1 unspecified atom stereocenters. The number of aliphatic hydroxyl groups excluding tert-OH is 1. The monoisotopic (exact) mass is 443 g/mol. The zero-order valence-electron chi connectivity index (χ0n) is 18.8. The van der Waals surface area contributed by atoms with Crippen LogP contribution in [0.3, 0.4) is 0 Å². The predicted octanol–water partition coefficient (Wildman–Crippen LogP) is 6.39. The Morgan fingerprint density at radius 3 is 1.76 bits per heavy atom. The summed E-state index contributed by atoms with van der Waals surface area (Å²) < 4.78 is 4.16. The molecule has 1 atom stereocenters. The molecular formula is C30H25N3O. The molecule has 0 saturated carbocycles. The van der Waals surface area contributed by atoms with Gasteiger partial charge in [-0.3, -0.25) is 4.68 Å². The zero-order chi connectivity index (χ0) is 22.9. The number of benzene rings is 4. The van der Waals surface area contributed by atoms with Gasteiger partial charge < -0.3 is 9.67 Å². The third kappa shape index (κ3) is 3.68. The van der Waals surface area contributed by atoms with Crippen LogP contribution in [-0.4, -0.2) is 25.6 Å². The number of aromatic nitrogens is 3. The molecule has 2 aromatic heterocycles. The number of hydrogen-bond acceptors (Lipinski definition) is 2. The molecule has 6 rings (SSSR count). The van der Waals surface area contributed by atoms with Crippen molar-refractivity contribution in [1.82, 2.24) is 14.3 Å². The second-order valence-electron chi connectivity index (χ2n) is 8.63. The van der Waals surface area contributed by atoms with Crippen molar-refractivity contribution in [2.75, 3.05) is 0 Å². The first-order valence-corrected chi connectivity index (χ1v) is 11.6. The molecule has 4 heteroatoms. The molecule has 0 aliphatic carbocycles. The second-order valence-corrected chi connectivity index (χ2v) is 8.63. The van der Waals surface area contributed by atoms with Crippen LogP contribution in [0.1, 0.15) is 0 Å². The Labute approximate surface area is 198 Å². The van der Waals surface area contributed by atoms with Crippen LogP contribution in [0.25, 0.3) is 44.3 Å². The summed E-state index contributed by atoms with van der Waals surface area (Å²) in [5.74, 6) is 0. The van der Waals surface area contributed by atoms with Crippen molar-refractivity contribution in [3.63, 3.8) is 0 Å². The van der Waals surface area contributed by atoms with Gasteiger partial charge in [0.2, 0.25) is 0 Å². The van der Waals surface area contributed by atoms with Crippen LogP contribution >= 0.6 is 0 Å². The number of para-hydroxylation sites is 2. The second kappa shape index (κ2) is 8.65. The molecular weight excluding hydrogens is 418 g/mol. The van der Waals surface area contributed by atoms with Gasteiger partial charge in [-0.1, -0.05) is 97.1 Å². The van der Waals surface area contributed by atoms with E-state index in [0.717, 1.165) is 33.5 Å². The zero-order valence-corrected chi connectivity index (χ0v) is 18.8. The summed E-state index contributed by atoms with van der Waals surface area (Å²) in [6.45, 7) is 0.890. The van der Waals surface area contributed by atoms with E-state index in [2.05, 4.69) is 83.4 Å². The topological polar surface area (TPSA) is 43.0 Å². The molecule has 4 aromatic carbocycles. The van der Waals surface area contributed by atoms with E-state index in [1.165, 1.54) is 10.8 Å². The average Bonchev–Trinajstić information content (AvgIpc) is 3.45. The van der Waals surface area contributed by atoms with E-state index >= 15 is 0 Å². The highest BCUT2D eigenvalue weighted by Gasteiger charge is 2.17. The van der Waals surface area contributed by atoms with Crippen molar-refractivity contribution >= 4 is 21.8 Å². The van der Waals surface area contributed by atoms with E-state index in [1.807, 2.05) is 41.1 Å². The Morgan fingerprint density at radius 1 is 0.618 bits per heavy atom. The minimum atomic E-state index is -0.606. The smallest absolute Gasteiger partial charge is 0.0929 e. The van der Waals surface area contributed by atoms with E-state index in [1.54, 1.807) is 0 Å². The number of hydrogen-bond donors (Lipinski definition) is 1. The lowest BCUT2D eigenvalue weighted by atomic mass is 10.1. The molecule has 0 fully saturated rings. The molecule has 0 aliphatic rings. The Hall–Kier alpha value is -4.15. The molecule has 0 amide bonds. The number of aliphatic hydroxyl groups is 1. The molecule has 0 aliphatic heterocycles. The van der Waals surface area contributed by atoms with Crippen molar-refractivity contribution in [2.24, 2.45) is 0 Å². The van der Waals surface area contributed by atoms with Crippen LogP contribution in [0, 0.1) is 0 Å². The highest BCUT2D eigenvalue weighted by atomic mass is 16.3. The lowest BCUT2D eigenvalue weighted by molar-refractivity contribution is 0.133. The molecule has 0 radical (unpaired) electrons. The van der Waals surface area contributed by atoms with Gasteiger partial charge in [-0.25, -0.2) is 0 Å². The van der Waals surface area contributed by atoms with Crippen molar-refractivity contribution in [1.29, 1.82) is 0 Å². The molecule has 34 heavy (non-hydrogen) atoms. The lowest BCUT2D eigenvalue weighted by Gasteiger charge is -2.16. The van der Waals surface area contributed by atoms with Gasteiger partial charge in [0.05, 0.1) is 30.6 Å². The summed E-state index contributed by atoms with van der Waals surface area (Å²) in [6.07, 6.45) is -0.606. The van der Waals surface area contributed by atoms with E-state index in [4.69, 9.17) is 5.10 Å². The van der Waals surface area contributed by atoms with Gasteiger partial charge in [0.1, 0.15) is 0 Å². The molecule has 0 saturated heterocycles. The Morgan fingerprint density at radius 2 is 1.15 bits per heavy atom. The fourth-order valence-electron chi connectivity index (χ4n) is 4.82. The number of nitrogens with zero attached hydrogens (tertiary/aromatic N) is 3. The third-order valence-electron chi connectivity index (χ3n) is 6.38. The van der Waals surface area contributed by atoms with Gasteiger partial charge >= 0.3 is 0 Å². The van der Waals surface area contributed by atoms with Gasteiger partial charge in [0.25, 0.3) is 0 Å². The maximum absolute atomic E-state index is 11.3. The Balaban J connectivity index is 1.37. The number of rotatable bonds is 6. The van der Waals surface area contributed by atoms with Crippen molar-refractivity contribution in [3.05, 3.63) is 115 Å². The summed E-state index contributed by atoms with van der Waals surface area (Å²) in [5, 5.41) is 18.6. The highest BCUT2D eigenvalue weighted by molar-refractivity contribution is 6.07. The van der Waals surface area contributed by atoms with Gasteiger partial charge in [-0.15, -0.1) is 0 Å².